The zero-order valence-corrected chi connectivity index (χ0v) is 10.6. The minimum absolute atomic E-state index is 0.115. The van der Waals surface area contributed by atoms with Crippen molar-refractivity contribution in [3.8, 4) is 0 Å². The summed E-state index contributed by atoms with van der Waals surface area (Å²) in [5.41, 5.74) is 1.38. The molecule has 1 amide bonds. The number of anilines is 1. The highest BCUT2D eigenvalue weighted by Crippen LogP contribution is 2.29. The summed E-state index contributed by atoms with van der Waals surface area (Å²) >= 11 is 0. The molecule has 0 aliphatic heterocycles. The first-order valence-corrected chi connectivity index (χ1v) is 6.59. The number of aromatic nitrogens is 3. The summed E-state index contributed by atoms with van der Waals surface area (Å²) in [7, 11) is 0. The summed E-state index contributed by atoms with van der Waals surface area (Å²) in [5.74, 6) is -0.115. The van der Waals surface area contributed by atoms with Gasteiger partial charge in [0.2, 0.25) is 0 Å². The topological polar surface area (TPSA) is 59.8 Å². The Morgan fingerprint density at radius 1 is 1.16 bits per heavy atom. The van der Waals surface area contributed by atoms with E-state index in [0.717, 1.165) is 18.5 Å². The Balaban J connectivity index is 1.78. The molecule has 2 aromatic rings. The molecular weight excluding hydrogens is 240 g/mol. The molecule has 2 heterocycles. The van der Waals surface area contributed by atoms with E-state index in [2.05, 4.69) is 15.4 Å². The van der Waals surface area contributed by atoms with Crippen LogP contribution in [0.4, 0.5) is 5.69 Å². The lowest BCUT2D eigenvalue weighted by molar-refractivity contribution is 0.101. The third-order valence-corrected chi connectivity index (χ3v) is 3.51. The van der Waals surface area contributed by atoms with Gasteiger partial charge in [-0.1, -0.05) is 12.8 Å². The van der Waals surface area contributed by atoms with Crippen LogP contribution < -0.4 is 5.32 Å². The Bertz CT molecular complexity index is 558. The summed E-state index contributed by atoms with van der Waals surface area (Å²) in [5, 5.41) is 7.17. The lowest BCUT2D eigenvalue weighted by Gasteiger charge is -2.13. The van der Waals surface area contributed by atoms with E-state index in [0.29, 0.717) is 11.7 Å². The van der Waals surface area contributed by atoms with E-state index in [9.17, 15) is 4.79 Å². The summed E-state index contributed by atoms with van der Waals surface area (Å²) in [6, 6.07) is 5.69. The van der Waals surface area contributed by atoms with Crippen molar-refractivity contribution in [2.45, 2.75) is 31.7 Å². The average Bonchev–Trinajstić information content (AvgIpc) is 3.10. The molecule has 0 radical (unpaired) electrons. The fraction of sp³-hybridized carbons (Fsp3) is 0.357. The molecule has 1 aliphatic rings. The van der Waals surface area contributed by atoms with E-state index in [1.807, 2.05) is 4.68 Å². The molecule has 0 saturated heterocycles. The Morgan fingerprint density at radius 2 is 1.89 bits per heavy atom. The van der Waals surface area contributed by atoms with Crippen LogP contribution in [0.5, 0.6) is 0 Å². The first-order chi connectivity index (χ1) is 9.34. The highest BCUT2D eigenvalue weighted by atomic mass is 16.2. The van der Waals surface area contributed by atoms with Gasteiger partial charge in [0.15, 0.2) is 0 Å². The number of rotatable bonds is 3. The smallest absolute Gasteiger partial charge is 0.273 e. The maximum absolute atomic E-state index is 12.3. The van der Waals surface area contributed by atoms with E-state index in [4.69, 9.17) is 0 Å². The molecule has 0 atom stereocenters. The molecular formula is C14H16N4O. The highest BCUT2D eigenvalue weighted by Gasteiger charge is 2.22. The van der Waals surface area contributed by atoms with Crippen LogP contribution in [-0.2, 0) is 0 Å². The number of pyridine rings is 1. The second kappa shape index (κ2) is 5.22. The molecule has 3 rings (SSSR count). The number of carbonyl (C=O) groups excluding carboxylic acids is 1. The van der Waals surface area contributed by atoms with Gasteiger partial charge in [0.05, 0.1) is 6.04 Å². The van der Waals surface area contributed by atoms with Gasteiger partial charge in [-0.15, -0.1) is 0 Å². The van der Waals surface area contributed by atoms with Crippen LogP contribution in [0.3, 0.4) is 0 Å². The quantitative estimate of drug-likeness (QED) is 0.918. The maximum atomic E-state index is 12.3. The van der Waals surface area contributed by atoms with Crippen molar-refractivity contribution in [2.75, 3.05) is 5.32 Å². The lowest BCUT2D eigenvalue weighted by Crippen LogP contribution is -2.20. The Kier molecular flexibility index (Phi) is 3.27. The third kappa shape index (κ3) is 2.50. The van der Waals surface area contributed by atoms with Crippen molar-refractivity contribution in [3.05, 3.63) is 42.5 Å². The average molecular weight is 256 g/mol. The van der Waals surface area contributed by atoms with E-state index in [1.165, 1.54) is 12.8 Å². The number of amides is 1. The number of hydrogen-bond donors (Lipinski definition) is 1. The van der Waals surface area contributed by atoms with E-state index < -0.39 is 0 Å². The number of carbonyl (C=O) groups is 1. The maximum Gasteiger partial charge on any atom is 0.273 e. The van der Waals surface area contributed by atoms with Gasteiger partial charge >= 0.3 is 0 Å². The molecule has 2 aromatic heterocycles. The SMILES string of the molecule is O=C(Nc1ccncc1)c1ccnn1C1CCCC1. The first kappa shape index (κ1) is 11.9. The molecule has 0 spiro atoms. The first-order valence-electron chi connectivity index (χ1n) is 6.59. The van der Waals surface area contributed by atoms with E-state index in [1.54, 1.807) is 36.8 Å². The van der Waals surface area contributed by atoms with Crippen molar-refractivity contribution in [1.82, 2.24) is 14.8 Å². The van der Waals surface area contributed by atoms with Gasteiger partial charge in [-0.05, 0) is 31.0 Å². The van der Waals surface area contributed by atoms with Crippen LogP contribution >= 0.6 is 0 Å². The molecule has 0 bridgehead atoms. The van der Waals surface area contributed by atoms with Crippen molar-refractivity contribution >= 4 is 11.6 Å². The van der Waals surface area contributed by atoms with Gasteiger partial charge in [-0.3, -0.25) is 14.5 Å². The second-order valence-corrected chi connectivity index (χ2v) is 4.79. The zero-order valence-electron chi connectivity index (χ0n) is 10.6. The minimum atomic E-state index is -0.115. The van der Waals surface area contributed by atoms with Crippen LogP contribution in [0.15, 0.2) is 36.8 Å². The molecule has 1 N–H and O–H groups in total. The lowest BCUT2D eigenvalue weighted by atomic mass is 10.2. The predicted octanol–water partition coefficient (Wildman–Crippen LogP) is 2.65. The number of hydrogen-bond acceptors (Lipinski definition) is 3. The van der Waals surface area contributed by atoms with Crippen molar-refractivity contribution in [2.24, 2.45) is 0 Å². The molecule has 1 saturated carbocycles. The molecule has 0 unspecified atom stereocenters. The van der Waals surface area contributed by atoms with E-state index in [-0.39, 0.29) is 5.91 Å². The molecule has 98 valence electrons. The summed E-state index contributed by atoms with van der Waals surface area (Å²) in [6.07, 6.45) is 9.66. The van der Waals surface area contributed by atoms with Gasteiger partial charge < -0.3 is 5.32 Å². The molecule has 19 heavy (non-hydrogen) atoms. The number of nitrogens with one attached hydrogen (secondary N) is 1. The van der Waals surface area contributed by atoms with Gasteiger partial charge in [0.1, 0.15) is 5.69 Å². The van der Waals surface area contributed by atoms with Crippen LogP contribution in [0.1, 0.15) is 42.2 Å². The number of nitrogens with zero attached hydrogens (tertiary/aromatic N) is 3. The van der Waals surface area contributed by atoms with Gasteiger partial charge in [0.25, 0.3) is 5.91 Å². The fourth-order valence-electron chi connectivity index (χ4n) is 2.56. The van der Waals surface area contributed by atoms with Crippen molar-refractivity contribution in [3.63, 3.8) is 0 Å². The fourth-order valence-corrected chi connectivity index (χ4v) is 2.56. The summed E-state index contributed by atoms with van der Waals surface area (Å²) < 4.78 is 1.86. The Hall–Kier alpha value is -2.17. The molecule has 5 nitrogen and oxygen atoms in total. The highest BCUT2D eigenvalue weighted by molar-refractivity contribution is 6.03. The largest absolute Gasteiger partial charge is 0.321 e. The molecule has 0 aromatic carbocycles. The summed E-state index contributed by atoms with van der Waals surface area (Å²) in [6.45, 7) is 0. The van der Waals surface area contributed by atoms with Crippen molar-refractivity contribution < 1.29 is 4.79 Å². The standard InChI is InChI=1S/C14H16N4O/c19-14(17-11-5-8-15-9-6-11)13-7-10-16-18(13)12-3-1-2-4-12/h5-10,12H,1-4H2,(H,15,17,19). The summed E-state index contributed by atoms with van der Waals surface area (Å²) in [4.78, 5) is 16.2. The Labute approximate surface area is 111 Å². The van der Waals surface area contributed by atoms with Crippen LogP contribution in [-0.4, -0.2) is 20.7 Å². The monoisotopic (exact) mass is 256 g/mol. The third-order valence-electron chi connectivity index (χ3n) is 3.51. The Morgan fingerprint density at radius 3 is 2.63 bits per heavy atom. The van der Waals surface area contributed by atoms with Gasteiger partial charge in [-0.2, -0.15) is 5.10 Å². The normalized spacial score (nSPS) is 15.6. The van der Waals surface area contributed by atoms with E-state index >= 15 is 0 Å². The molecule has 5 heteroatoms. The predicted molar refractivity (Wildman–Crippen MR) is 71.9 cm³/mol. The minimum Gasteiger partial charge on any atom is -0.321 e. The molecule has 1 aliphatic carbocycles. The van der Waals surface area contributed by atoms with Crippen molar-refractivity contribution in [1.29, 1.82) is 0 Å². The van der Waals surface area contributed by atoms with Crippen LogP contribution in [0, 0.1) is 0 Å². The van der Waals surface area contributed by atoms with Crippen LogP contribution in [0.2, 0.25) is 0 Å². The molecule has 1 fully saturated rings. The van der Waals surface area contributed by atoms with Gasteiger partial charge in [-0.25, -0.2) is 0 Å². The zero-order chi connectivity index (χ0) is 13.1. The van der Waals surface area contributed by atoms with Crippen LogP contribution in [0.25, 0.3) is 0 Å². The van der Waals surface area contributed by atoms with Gasteiger partial charge in [0, 0.05) is 24.3 Å². The second-order valence-electron chi connectivity index (χ2n) is 4.79.